The van der Waals surface area contributed by atoms with Gasteiger partial charge >= 0.3 is 11.7 Å². The molecule has 2 aliphatic rings. The van der Waals surface area contributed by atoms with Gasteiger partial charge in [-0.2, -0.15) is 0 Å². The minimum atomic E-state index is -1.30. The fraction of sp³-hybridized carbons (Fsp3) is 0.429. The van der Waals surface area contributed by atoms with Crippen LogP contribution in [0, 0.1) is 12.7 Å². The van der Waals surface area contributed by atoms with Crippen molar-refractivity contribution in [2.75, 3.05) is 42.9 Å². The van der Waals surface area contributed by atoms with Gasteiger partial charge in [0.05, 0.1) is 11.2 Å². The summed E-state index contributed by atoms with van der Waals surface area (Å²) in [6.45, 7) is 8.08. The van der Waals surface area contributed by atoms with Crippen molar-refractivity contribution in [2.24, 2.45) is 0 Å². The van der Waals surface area contributed by atoms with Gasteiger partial charge in [-0.3, -0.25) is 24.0 Å². The summed E-state index contributed by atoms with van der Waals surface area (Å²) in [6, 6.07) is 10.4. The number of H-pyrrole nitrogens is 1. The third-order valence-electron chi connectivity index (χ3n) is 9.37. The summed E-state index contributed by atoms with van der Waals surface area (Å²) in [6.07, 6.45) is 6.54. The van der Waals surface area contributed by atoms with Crippen molar-refractivity contribution >= 4 is 34.1 Å². The second-order valence-corrected chi connectivity index (χ2v) is 12.6. The summed E-state index contributed by atoms with van der Waals surface area (Å²) in [5.41, 5.74) is 2.44. The van der Waals surface area contributed by atoms with Crippen LogP contribution in [0.1, 0.15) is 66.6 Å². The van der Waals surface area contributed by atoms with Gasteiger partial charge in [-0.15, -0.1) is 0 Å². The van der Waals surface area contributed by atoms with Crippen LogP contribution in [0.15, 0.2) is 57.0 Å². The molecule has 2 aromatic carbocycles. The standard InChI is InChI=1S/C35H41FN6O5/c1-3-23-17-24(8-7-22(23)2)37-31-20-32(43)41(35(47)38-31)12-6-4-5-11-39-13-15-40(16-14-39)30-19-29-26(18-28(30)36)33(44)27(34(45)46)21-42(29)25-9-10-25/h7-8,17-21,25,37H,3-6,9-16H2,1-2H3,(H,38,47)(H,45,46). The molecule has 0 atom stereocenters. The second kappa shape index (κ2) is 13.6. The molecule has 0 amide bonds. The highest BCUT2D eigenvalue weighted by Crippen LogP contribution is 2.38. The van der Waals surface area contributed by atoms with Gasteiger partial charge in [0.1, 0.15) is 17.2 Å². The van der Waals surface area contributed by atoms with Gasteiger partial charge in [-0.05, 0) is 81.0 Å². The van der Waals surface area contributed by atoms with E-state index in [0.29, 0.717) is 43.1 Å². The van der Waals surface area contributed by atoms with E-state index in [1.807, 2.05) is 27.7 Å². The van der Waals surface area contributed by atoms with Gasteiger partial charge in [0.15, 0.2) is 0 Å². The lowest BCUT2D eigenvalue weighted by atomic mass is 10.1. The zero-order chi connectivity index (χ0) is 33.2. The number of pyridine rings is 1. The SMILES string of the molecule is CCc1cc(Nc2cc(=O)n(CCCCCN3CCN(c4cc5c(cc4F)c(=O)c(C(=O)O)cn5C4CC4)CC3)c(=O)[nH]2)ccc1C. The summed E-state index contributed by atoms with van der Waals surface area (Å²) in [7, 11) is 0. The number of hydrogen-bond donors (Lipinski definition) is 3. The molecule has 1 aliphatic heterocycles. The zero-order valence-electron chi connectivity index (χ0n) is 26.9. The van der Waals surface area contributed by atoms with Crippen molar-refractivity contribution in [2.45, 2.75) is 65.0 Å². The number of aromatic carboxylic acids is 1. The number of aryl methyl sites for hydroxylation is 2. The number of rotatable bonds is 12. The fourth-order valence-corrected chi connectivity index (χ4v) is 6.49. The first kappa shape index (κ1) is 32.2. The number of piperazine rings is 1. The quantitative estimate of drug-likeness (QED) is 0.190. The van der Waals surface area contributed by atoms with E-state index in [-0.39, 0.29) is 22.6 Å². The van der Waals surface area contributed by atoms with Crippen LogP contribution in [0.2, 0.25) is 0 Å². The molecular formula is C35H41FN6O5. The molecule has 12 heteroatoms. The van der Waals surface area contributed by atoms with Crippen molar-refractivity contribution < 1.29 is 14.3 Å². The summed E-state index contributed by atoms with van der Waals surface area (Å²) < 4.78 is 18.4. The number of fused-ring (bicyclic) bond motifs is 1. The highest BCUT2D eigenvalue weighted by atomic mass is 19.1. The van der Waals surface area contributed by atoms with Crippen LogP contribution in [0.4, 0.5) is 21.6 Å². The molecule has 1 saturated heterocycles. The van der Waals surface area contributed by atoms with Crippen molar-refractivity contribution in [1.29, 1.82) is 0 Å². The first-order chi connectivity index (χ1) is 22.6. The molecule has 4 aromatic rings. The Kier molecular flexibility index (Phi) is 9.31. The monoisotopic (exact) mass is 644 g/mol. The Morgan fingerprint density at radius 3 is 2.43 bits per heavy atom. The Bertz CT molecular complexity index is 1960. The van der Waals surface area contributed by atoms with Gasteiger partial charge in [0.2, 0.25) is 5.43 Å². The van der Waals surface area contributed by atoms with Gasteiger partial charge in [0, 0.05) is 62.1 Å². The van der Waals surface area contributed by atoms with E-state index in [4.69, 9.17) is 0 Å². The van der Waals surface area contributed by atoms with Crippen LogP contribution in [0.25, 0.3) is 10.9 Å². The number of aromatic amines is 1. The highest BCUT2D eigenvalue weighted by molar-refractivity contribution is 5.93. The number of carbonyl (C=O) groups is 1. The molecule has 47 heavy (non-hydrogen) atoms. The van der Waals surface area contributed by atoms with Crippen LogP contribution < -0.4 is 26.9 Å². The molecule has 248 valence electrons. The van der Waals surface area contributed by atoms with Crippen molar-refractivity contribution in [3.05, 3.63) is 96.2 Å². The number of carboxylic acid groups (broad SMARTS) is 1. The lowest BCUT2D eigenvalue weighted by molar-refractivity contribution is 0.0695. The molecule has 0 radical (unpaired) electrons. The van der Waals surface area contributed by atoms with E-state index in [9.17, 15) is 24.3 Å². The third-order valence-corrected chi connectivity index (χ3v) is 9.37. The number of hydrogen-bond acceptors (Lipinski definition) is 7. The maximum atomic E-state index is 15.3. The van der Waals surface area contributed by atoms with E-state index in [0.717, 1.165) is 57.4 Å². The number of benzene rings is 2. The molecule has 1 saturated carbocycles. The average molecular weight is 645 g/mol. The molecule has 3 heterocycles. The largest absolute Gasteiger partial charge is 0.477 e. The molecule has 0 spiro atoms. The number of carboxylic acids is 1. The van der Waals surface area contributed by atoms with Crippen molar-refractivity contribution in [3.8, 4) is 0 Å². The predicted octanol–water partition coefficient (Wildman–Crippen LogP) is 4.63. The molecule has 3 N–H and O–H groups in total. The Morgan fingerprint density at radius 2 is 1.74 bits per heavy atom. The number of aromatic nitrogens is 3. The molecule has 11 nitrogen and oxygen atoms in total. The molecule has 6 rings (SSSR count). The van der Waals surface area contributed by atoms with Crippen LogP contribution in [-0.4, -0.2) is 62.8 Å². The second-order valence-electron chi connectivity index (χ2n) is 12.6. The maximum Gasteiger partial charge on any atom is 0.341 e. The van der Waals surface area contributed by atoms with Gasteiger partial charge in [-0.25, -0.2) is 14.0 Å². The van der Waals surface area contributed by atoms with Crippen LogP contribution in [0.3, 0.4) is 0 Å². The first-order valence-electron chi connectivity index (χ1n) is 16.4. The van der Waals surface area contributed by atoms with Crippen LogP contribution in [-0.2, 0) is 13.0 Å². The molecule has 0 unspecified atom stereocenters. The molecule has 2 fully saturated rings. The van der Waals surface area contributed by atoms with E-state index >= 15 is 4.39 Å². The number of nitrogens with zero attached hydrogens (tertiary/aromatic N) is 4. The summed E-state index contributed by atoms with van der Waals surface area (Å²) in [5, 5.41) is 12.7. The van der Waals surface area contributed by atoms with E-state index in [2.05, 4.69) is 29.0 Å². The smallest absolute Gasteiger partial charge is 0.341 e. The normalized spacial score (nSPS) is 15.3. The van der Waals surface area contributed by atoms with Crippen LogP contribution >= 0.6 is 0 Å². The zero-order valence-corrected chi connectivity index (χ0v) is 26.9. The highest BCUT2D eigenvalue weighted by Gasteiger charge is 2.28. The fourth-order valence-electron chi connectivity index (χ4n) is 6.49. The Balaban J connectivity index is 1.000. The minimum absolute atomic E-state index is 0.0984. The topological polar surface area (TPSA) is 133 Å². The molecule has 1 aliphatic carbocycles. The van der Waals surface area contributed by atoms with Crippen LogP contribution in [0.5, 0.6) is 0 Å². The lowest BCUT2D eigenvalue weighted by Crippen LogP contribution is -2.47. The summed E-state index contributed by atoms with van der Waals surface area (Å²) in [4.78, 5) is 56.9. The minimum Gasteiger partial charge on any atom is -0.477 e. The number of anilines is 3. The van der Waals surface area contributed by atoms with Crippen molar-refractivity contribution in [1.82, 2.24) is 19.0 Å². The molecule has 2 aromatic heterocycles. The Labute approximate surface area is 271 Å². The third kappa shape index (κ3) is 7.02. The number of unbranched alkanes of at least 4 members (excludes halogenated alkanes) is 2. The summed E-state index contributed by atoms with van der Waals surface area (Å²) >= 11 is 0. The first-order valence-corrected chi connectivity index (χ1v) is 16.4. The maximum absolute atomic E-state index is 15.3. The molecular weight excluding hydrogens is 603 g/mol. The van der Waals surface area contributed by atoms with Gasteiger partial charge in [0.25, 0.3) is 5.56 Å². The van der Waals surface area contributed by atoms with Gasteiger partial charge < -0.3 is 19.9 Å². The van der Waals surface area contributed by atoms with E-state index in [1.54, 1.807) is 6.07 Å². The number of nitrogens with one attached hydrogen (secondary N) is 2. The molecule has 0 bridgehead atoms. The number of halogens is 1. The van der Waals surface area contributed by atoms with E-state index < -0.39 is 22.9 Å². The predicted molar refractivity (Wildman–Crippen MR) is 181 cm³/mol. The van der Waals surface area contributed by atoms with Crippen molar-refractivity contribution in [3.63, 3.8) is 0 Å². The lowest BCUT2D eigenvalue weighted by Gasteiger charge is -2.36. The summed E-state index contributed by atoms with van der Waals surface area (Å²) in [5.74, 6) is -1.46. The van der Waals surface area contributed by atoms with E-state index in [1.165, 1.54) is 34.0 Å². The average Bonchev–Trinajstić information content (AvgIpc) is 3.89. The Morgan fingerprint density at radius 1 is 1.00 bits per heavy atom. The van der Waals surface area contributed by atoms with Gasteiger partial charge in [-0.1, -0.05) is 19.4 Å². The Hall–Kier alpha value is -4.71.